The summed E-state index contributed by atoms with van der Waals surface area (Å²) in [6.07, 6.45) is 5.40. The first-order valence-corrected chi connectivity index (χ1v) is 10.7. The molecule has 0 saturated heterocycles. The summed E-state index contributed by atoms with van der Waals surface area (Å²) in [7, 11) is 0. The van der Waals surface area contributed by atoms with Gasteiger partial charge in [0.05, 0.1) is 29.6 Å². The first-order valence-electron chi connectivity index (χ1n) is 10.7. The SMILES string of the molecule is C[C@@H]1Cc2c(-c3nc(-c4nccn5nccc45)nn3CC3CC(F)(F)C3)n[nH]c2[C@H](C)O1. The van der Waals surface area contributed by atoms with Crippen LogP contribution in [0.2, 0.25) is 0 Å². The van der Waals surface area contributed by atoms with Crippen molar-refractivity contribution in [3.63, 3.8) is 0 Å². The summed E-state index contributed by atoms with van der Waals surface area (Å²) in [5.41, 5.74) is 3.99. The third kappa shape index (κ3) is 3.10. The number of halogens is 2. The Labute approximate surface area is 181 Å². The van der Waals surface area contributed by atoms with Crippen molar-refractivity contribution in [2.75, 3.05) is 0 Å². The van der Waals surface area contributed by atoms with Gasteiger partial charge >= 0.3 is 0 Å². The van der Waals surface area contributed by atoms with E-state index in [0.717, 1.165) is 16.8 Å². The van der Waals surface area contributed by atoms with Crippen LogP contribution in [0.4, 0.5) is 8.78 Å². The van der Waals surface area contributed by atoms with Gasteiger partial charge in [-0.15, -0.1) is 5.10 Å². The molecule has 11 heteroatoms. The minimum atomic E-state index is -2.59. The minimum absolute atomic E-state index is 0.0391. The molecule has 0 radical (unpaired) electrons. The Hall–Kier alpha value is -3.21. The molecule has 5 heterocycles. The number of aromatic amines is 1. The molecule has 0 aromatic carbocycles. The highest BCUT2D eigenvalue weighted by Gasteiger charge is 2.45. The van der Waals surface area contributed by atoms with Crippen molar-refractivity contribution in [2.24, 2.45) is 5.92 Å². The van der Waals surface area contributed by atoms with Crippen LogP contribution in [0.1, 0.15) is 44.1 Å². The summed E-state index contributed by atoms with van der Waals surface area (Å²) in [6.45, 7) is 4.35. The molecule has 4 aromatic rings. The fourth-order valence-electron chi connectivity index (χ4n) is 4.79. The highest BCUT2D eigenvalue weighted by Crippen LogP contribution is 2.44. The van der Waals surface area contributed by atoms with E-state index in [-0.39, 0.29) is 31.0 Å². The van der Waals surface area contributed by atoms with Crippen molar-refractivity contribution in [2.45, 2.75) is 57.8 Å². The number of alkyl halides is 2. The lowest BCUT2D eigenvalue weighted by atomic mass is 9.81. The molecule has 0 amide bonds. The number of nitrogens with one attached hydrogen (secondary N) is 1. The second-order valence-electron chi connectivity index (χ2n) is 8.77. The van der Waals surface area contributed by atoms with E-state index in [4.69, 9.17) is 14.8 Å². The normalized spacial score (nSPS) is 22.8. The lowest BCUT2D eigenvalue weighted by Crippen LogP contribution is -2.38. The van der Waals surface area contributed by atoms with E-state index in [0.29, 0.717) is 36.0 Å². The van der Waals surface area contributed by atoms with E-state index >= 15 is 0 Å². The summed E-state index contributed by atoms with van der Waals surface area (Å²) < 4.78 is 36.3. The molecule has 1 N–H and O–H groups in total. The summed E-state index contributed by atoms with van der Waals surface area (Å²) in [5.74, 6) is -1.78. The van der Waals surface area contributed by atoms with Gasteiger partial charge in [0.25, 0.3) is 0 Å². The van der Waals surface area contributed by atoms with Crippen LogP contribution in [-0.2, 0) is 17.7 Å². The maximum atomic E-state index is 13.5. The Morgan fingerprint density at radius 2 is 2.06 bits per heavy atom. The van der Waals surface area contributed by atoms with Gasteiger partial charge in [-0.05, 0) is 25.8 Å². The highest BCUT2D eigenvalue weighted by molar-refractivity contribution is 5.73. The molecule has 0 spiro atoms. The van der Waals surface area contributed by atoms with Crippen LogP contribution < -0.4 is 0 Å². The van der Waals surface area contributed by atoms with E-state index in [1.54, 1.807) is 27.8 Å². The second kappa shape index (κ2) is 6.89. The molecule has 9 nitrogen and oxygen atoms in total. The van der Waals surface area contributed by atoms with Crippen LogP contribution >= 0.6 is 0 Å². The van der Waals surface area contributed by atoms with Crippen LogP contribution in [0.5, 0.6) is 0 Å². The van der Waals surface area contributed by atoms with Gasteiger partial charge in [0.15, 0.2) is 5.82 Å². The van der Waals surface area contributed by atoms with Gasteiger partial charge in [0.1, 0.15) is 11.4 Å². The molecular formula is C21H22F2N8O. The standard InChI is InChI=1S/C21H22F2N8O/c1-11-7-14-16(12(2)32-11)27-28-17(14)20-26-19(18-15-3-4-25-30(15)6-5-24-18)29-31(20)10-13-8-21(22,23)9-13/h3-6,11-13H,7-10H2,1-2H3,(H,27,28)/t11-,12+/m1/s1. The van der Waals surface area contributed by atoms with Gasteiger partial charge in [0.2, 0.25) is 11.7 Å². The molecule has 32 heavy (non-hydrogen) atoms. The van der Waals surface area contributed by atoms with Gasteiger partial charge < -0.3 is 4.74 Å². The first-order chi connectivity index (χ1) is 15.4. The smallest absolute Gasteiger partial charge is 0.248 e. The molecule has 0 unspecified atom stereocenters. The average Bonchev–Trinajstić information content (AvgIpc) is 3.43. The molecule has 4 aromatic heterocycles. The third-order valence-electron chi connectivity index (χ3n) is 6.26. The largest absolute Gasteiger partial charge is 0.369 e. The Morgan fingerprint density at radius 3 is 2.88 bits per heavy atom. The van der Waals surface area contributed by atoms with Crippen LogP contribution in [0.3, 0.4) is 0 Å². The van der Waals surface area contributed by atoms with Crippen LogP contribution in [0, 0.1) is 5.92 Å². The van der Waals surface area contributed by atoms with E-state index in [1.807, 2.05) is 19.9 Å². The topological polar surface area (TPSA) is 98.8 Å². The number of nitrogens with zero attached hydrogens (tertiary/aromatic N) is 7. The van der Waals surface area contributed by atoms with Crippen molar-refractivity contribution in [1.82, 2.24) is 39.6 Å². The summed E-state index contributed by atoms with van der Waals surface area (Å²) in [6, 6.07) is 1.84. The maximum Gasteiger partial charge on any atom is 0.248 e. The molecule has 2 aliphatic rings. The number of fused-ring (bicyclic) bond motifs is 2. The Balaban J connectivity index is 1.46. The third-order valence-corrected chi connectivity index (χ3v) is 6.26. The molecule has 2 atom stereocenters. The van der Waals surface area contributed by atoms with Gasteiger partial charge in [-0.25, -0.2) is 27.9 Å². The van der Waals surface area contributed by atoms with E-state index in [1.165, 1.54) is 0 Å². The monoisotopic (exact) mass is 440 g/mol. The van der Waals surface area contributed by atoms with E-state index < -0.39 is 5.92 Å². The zero-order valence-electron chi connectivity index (χ0n) is 17.7. The first kappa shape index (κ1) is 19.5. The van der Waals surface area contributed by atoms with Crippen molar-refractivity contribution < 1.29 is 13.5 Å². The minimum Gasteiger partial charge on any atom is -0.369 e. The summed E-state index contributed by atoms with van der Waals surface area (Å²) >= 11 is 0. The molecule has 1 saturated carbocycles. The highest BCUT2D eigenvalue weighted by atomic mass is 19.3. The number of hydrogen-bond acceptors (Lipinski definition) is 6. The lowest BCUT2D eigenvalue weighted by Gasteiger charge is -2.34. The predicted molar refractivity (Wildman–Crippen MR) is 110 cm³/mol. The van der Waals surface area contributed by atoms with Crippen molar-refractivity contribution in [3.05, 3.63) is 35.9 Å². The van der Waals surface area contributed by atoms with Crippen molar-refractivity contribution >= 4 is 5.52 Å². The number of rotatable bonds is 4. The molecule has 0 bridgehead atoms. The summed E-state index contributed by atoms with van der Waals surface area (Å²) in [4.78, 5) is 9.26. The number of H-pyrrole nitrogens is 1. The molecule has 1 aliphatic heterocycles. The van der Waals surface area contributed by atoms with Crippen molar-refractivity contribution in [1.29, 1.82) is 0 Å². The Kier molecular flexibility index (Phi) is 4.19. The lowest BCUT2D eigenvalue weighted by molar-refractivity contribution is -0.114. The van der Waals surface area contributed by atoms with Gasteiger partial charge in [-0.1, -0.05) is 0 Å². The number of hydrogen-bond donors (Lipinski definition) is 1. The average molecular weight is 440 g/mol. The number of ether oxygens (including phenoxy) is 1. The Morgan fingerprint density at radius 1 is 1.22 bits per heavy atom. The van der Waals surface area contributed by atoms with E-state index in [9.17, 15) is 8.78 Å². The molecule has 1 fully saturated rings. The molecule has 1 aliphatic carbocycles. The fourth-order valence-corrected chi connectivity index (χ4v) is 4.79. The Bertz CT molecular complexity index is 1300. The second-order valence-corrected chi connectivity index (χ2v) is 8.77. The quantitative estimate of drug-likeness (QED) is 0.522. The van der Waals surface area contributed by atoms with Crippen LogP contribution in [0.25, 0.3) is 28.6 Å². The van der Waals surface area contributed by atoms with Crippen LogP contribution in [-0.4, -0.2) is 51.6 Å². The zero-order valence-corrected chi connectivity index (χ0v) is 17.7. The molecule has 166 valence electrons. The van der Waals surface area contributed by atoms with Crippen molar-refractivity contribution in [3.8, 4) is 23.0 Å². The van der Waals surface area contributed by atoms with Gasteiger partial charge in [-0.2, -0.15) is 10.2 Å². The van der Waals surface area contributed by atoms with E-state index in [2.05, 4.69) is 20.3 Å². The van der Waals surface area contributed by atoms with Crippen LogP contribution in [0.15, 0.2) is 24.7 Å². The predicted octanol–water partition coefficient (Wildman–Crippen LogP) is 3.45. The van der Waals surface area contributed by atoms with Gasteiger partial charge in [0, 0.05) is 43.8 Å². The zero-order chi connectivity index (χ0) is 22.0. The number of aromatic nitrogens is 8. The summed E-state index contributed by atoms with van der Waals surface area (Å²) in [5, 5.41) is 16.6. The molecular weight excluding hydrogens is 418 g/mol. The maximum absolute atomic E-state index is 13.5. The fraction of sp³-hybridized carbons (Fsp3) is 0.476. The molecule has 6 rings (SSSR count). The van der Waals surface area contributed by atoms with Gasteiger partial charge in [-0.3, -0.25) is 5.10 Å².